The fourth-order valence-corrected chi connectivity index (χ4v) is 3.92. The van der Waals surface area contributed by atoms with Gasteiger partial charge in [-0.15, -0.1) is 0 Å². The van der Waals surface area contributed by atoms with E-state index in [4.69, 9.17) is 0 Å². The van der Waals surface area contributed by atoms with Gasteiger partial charge in [-0.1, -0.05) is 38.3 Å². The summed E-state index contributed by atoms with van der Waals surface area (Å²) in [4.78, 5) is 46.0. The molecule has 3 rings (SSSR count). The number of unbranched alkanes of at least 4 members (excludes halogenated alkanes) is 3. The molecule has 1 N–H and O–H groups in total. The van der Waals surface area contributed by atoms with E-state index in [1.54, 1.807) is 37.7 Å². The molecule has 1 aromatic rings. The van der Waals surface area contributed by atoms with Gasteiger partial charge in [0.2, 0.25) is 5.91 Å². The number of halogens is 1. The molecule has 4 amide bonds. The Labute approximate surface area is 176 Å². The number of rotatable bonds is 7. The number of carbonyl (C=O) groups excluding carboxylic acids is 3. The van der Waals surface area contributed by atoms with E-state index in [1.165, 1.54) is 15.9 Å². The van der Waals surface area contributed by atoms with Gasteiger partial charge in [0, 0.05) is 38.0 Å². The molecule has 0 spiro atoms. The third-order valence-corrected chi connectivity index (χ3v) is 5.66. The average Bonchev–Trinajstić information content (AvgIpc) is 3.25. The zero-order valence-corrected chi connectivity index (χ0v) is 17.5. The van der Waals surface area contributed by atoms with Crippen molar-refractivity contribution in [2.75, 3.05) is 20.1 Å². The minimum Gasteiger partial charge on any atom is -0.367 e. The first-order valence-corrected chi connectivity index (χ1v) is 10.5. The highest BCUT2D eigenvalue weighted by Gasteiger charge is 2.43. The second-order valence-corrected chi connectivity index (χ2v) is 7.78. The van der Waals surface area contributed by atoms with Gasteiger partial charge in [0.05, 0.1) is 6.04 Å². The molecular weight excluding hydrogens is 387 g/mol. The number of amides is 4. The third kappa shape index (κ3) is 4.63. The van der Waals surface area contributed by atoms with Gasteiger partial charge >= 0.3 is 6.03 Å². The molecule has 8 heteroatoms. The topological polar surface area (TPSA) is 76.7 Å². The molecule has 0 aromatic carbocycles. The molecule has 1 aromatic heterocycles. The molecule has 7 nitrogen and oxygen atoms in total. The van der Waals surface area contributed by atoms with Crippen molar-refractivity contribution < 1.29 is 18.8 Å². The van der Waals surface area contributed by atoms with Crippen molar-refractivity contribution in [2.24, 2.45) is 0 Å². The van der Waals surface area contributed by atoms with Crippen molar-refractivity contribution in [3.05, 3.63) is 48.1 Å². The summed E-state index contributed by atoms with van der Waals surface area (Å²) in [6.07, 6.45) is 11.9. The van der Waals surface area contributed by atoms with Gasteiger partial charge in [0.1, 0.15) is 18.4 Å². The Morgan fingerprint density at radius 1 is 1.30 bits per heavy atom. The summed E-state index contributed by atoms with van der Waals surface area (Å²) in [6, 6.07) is -0.158. The predicted octanol–water partition coefficient (Wildman–Crippen LogP) is 3.54. The van der Waals surface area contributed by atoms with Gasteiger partial charge in [-0.25, -0.2) is 9.18 Å². The summed E-state index contributed by atoms with van der Waals surface area (Å²) in [5.41, 5.74) is 0.620. The maximum Gasteiger partial charge on any atom is 0.327 e. The van der Waals surface area contributed by atoms with Crippen LogP contribution in [0.3, 0.4) is 0 Å². The number of hydrogen-bond acceptors (Lipinski definition) is 3. The molecule has 2 unspecified atom stereocenters. The molecular formula is C22H29FN4O3. The summed E-state index contributed by atoms with van der Waals surface area (Å²) in [7, 11) is 1.56. The first-order valence-electron chi connectivity index (χ1n) is 10.5. The van der Waals surface area contributed by atoms with Gasteiger partial charge in [-0.3, -0.25) is 14.5 Å². The Morgan fingerprint density at radius 3 is 2.77 bits per heavy atom. The highest BCUT2D eigenvalue weighted by atomic mass is 19.1. The monoisotopic (exact) mass is 416 g/mol. The van der Waals surface area contributed by atoms with E-state index in [0.29, 0.717) is 12.1 Å². The van der Waals surface area contributed by atoms with Crippen LogP contribution in [0.4, 0.5) is 9.18 Å². The first kappa shape index (κ1) is 21.8. The van der Waals surface area contributed by atoms with Crippen LogP contribution in [0, 0.1) is 0 Å². The normalized spacial score (nSPS) is 21.8. The van der Waals surface area contributed by atoms with E-state index in [2.05, 4.69) is 11.9 Å². The fourth-order valence-electron chi connectivity index (χ4n) is 3.92. The SMILES string of the molecule is CCCCCCN(C(=O)N1CC(=O)N(C)C(c2cc[nH]c2)C1=O)C1C=CC=C(F)C1. The molecule has 0 radical (unpaired) electrons. The van der Waals surface area contributed by atoms with E-state index in [9.17, 15) is 18.8 Å². The Bertz CT molecular complexity index is 833. The zero-order chi connectivity index (χ0) is 21.7. The van der Waals surface area contributed by atoms with Crippen LogP contribution in [-0.2, 0) is 9.59 Å². The van der Waals surface area contributed by atoms with Crippen LogP contribution in [0.2, 0.25) is 0 Å². The van der Waals surface area contributed by atoms with Crippen LogP contribution < -0.4 is 0 Å². The highest BCUT2D eigenvalue weighted by Crippen LogP contribution is 2.28. The Hall–Kier alpha value is -2.90. The minimum absolute atomic E-state index is 0.0765. The summed E-state index contributed by atoms with van der Waals surface area (Å²) < 4.78 is 13.9. The van der Waals surface area contributed by atoms with E-state index in [-0.39, 0.29) is 24.7 Å². The van der Waals surface area contributed by atoms with Crippen molar-refractivity contribution in [3.8, 4) is 0 Å². The van der Waals surface area contributed by atoms with Gasteiger partial charge in [-0.2, -0.15) is 0 Å². The molecule has 162 valence electrons. The molecule has 1 aliphatic heterocycles. The highest BCUT2D eigenvalue weighted by molar-refractivity contribution is 6.05. The Balaban J connectivity index is 1.83. The molecule has 1 aliphatic carbocycles. The molecule has 0 saturated carbocycles. The third-order valence-electron chi connectivity index (χ3n) is 5.66. The van der Waals surface area contributed by atoms with Crippen LogP contribution in [0.15, 0.2) is 42.5 Å². The Morgan fingerprint density at radius 2 is 2.10 bits per heavy atom. The number of nitrogens with one attached hydrogen (secondary N) is 1. The number of urea groups is 1. The number of aromatic nitrogens is 1. The lowest BCUT2D eigenvalue weighted by Gasteiger charge is -2.40. The summed E-state index contributed by atoms with van der Waals surface area (Å²) in [6.45, 7) is 2.20. The average molecular weight is 416 g/mol. The lowest BCUT2D eigenvalue weighted by Crippen LogP contribution is -2.59. The zero-order valence-electron chi connectivity index (χ0n) is 17.5. The molecule has 1 fully saturated rings. The quantitative estimate of drug-likeness (QED) is 0.691. The fraction of sp³-hybridized carbons (Fsp3) is 0.500. The second-order valence-electron chi connectivity index (χ2n) is 7.78. The summed E-state index contributed by atoms with van der Waals surface area (Å²) in [5, 5.41) is 0. The van der Waals surface area contributed by atoms with Crippen molar-refractivity contribution in [1.29, 1.82) is 0 Å². The largest absolute Gasteiger partial charge is 0.367 e. The van der Waals surface area contributed by atoms with E-state index >= 15 is 0 Å². The van der Waals surface area contributed by atoms with Crippen LogP contribution in [0.5, 0.6) is 0 Å². The van der Waals surface area contributed by atoms with Crippen molar-refractivity contribution in [3.63, 3.8) is 0 Å². The summed E-state index contributed by atoms with van der Waals surface area (Å²) in [5.74, 6) is -1.07. The van der Waals surface area contributed by atoms with Crippen molar-refractivity contribution in [1.82, 2.24) is 19.7 Å². The Kier molecular flexibility index (Phi) is 7.07. The molecule has 1 saturated heterocycles. The molecule has 30 heavy (non-hydrogen) atoms. The molecule has 2 atom stereocenters. The van der Waals surface area contributed by atoms with E-state index in [0.717, 1.165) is 30.6 Å². The van der Waals surface area contributed by atoms with Gasteiger partial charge in [0.15, 0.2) is 0 Å². The minimum atomic E-state index is -0.859. The number of imide groups is 1. The standard InChI is InChI=1S/C22H29FN4O3/c1-3-4-5-6-12-26(18-9-7-8-17(23)13-18)22(30)27-15-19(28)25(2)20(21(27)29)16-10-11-24-14-16/h7-11,14,18,20,24H,3-6,12-13,15H2,1-2H3. The first-order chi connectivity index (χ1) is 14.4. The number of allylic oxidation sites excluding steroid dienone is 2. The van der Waals surface area contributed by atoms with Gasteiger partial charge in [-0.05, 0) is 18.6 Å². The number of H-pyrrole nitrogens is 1. The number of piperazine rings is 1. The number of likely N-dealkylation sites (N-methyl/N-ethyl adjacent to an activating group) is 1. The second kappa shape index (κ2) is 9.73. The maximum absolute atomic E-state index is 13.9. The van der Waals surface area contributed by atoms with E-state index in [1.807, 2.05) is 0 Å². The van der Waals surface area contributed by atoms with Crippen molar-refractivity contribution >= 4 is 17.8 Å². The van der Waals surface area contributed by atoms with Crippen LogP contribution in [0.1, 0.15) is 50.6 Å². The predicted molar refractivity (Wildman–Crippen MR) is 111 cm³/mol. The molecule has 2 heterocycles. The molecule has 2 aliphatic rings. The maximum atomic E-state index is 13.9. The number of carbonyl (C=O) groups is 3. The van der Waals surface area contributed by atoms with Crippen LogP contribution in [-0.4, -0.2) is 63.7 Å². The van der Waals surface area contributed by atoms with E-state index < -0.39 is 24.0 Å². The van der Waals surface area contributed by atoms with Crippen molar-refractivity contribution in [2.45, 2.75) is 51.1 Å². The smallest absolute Gasteiger partial charge is 0.327 e. The van der Waals surface area contributed by atoms with Gasteiger partial charge < -0.3 is 14.8 Å². The molecule has 0 bridgehead atoms. The lowest BCUT2D eigenvalue weighted by atomic mass is 10.0. The van der Waals surface area contributed by atoms with Crippen LogP contribution >= 0.6 is 0 Å². The number of nitrogens with zero attached hydrogens (tertiary/aromatic N) is 3. The number of aromatic amines is 1. The number of hydrogen-bond donors (Lipinski definition) is 1. The summed E-state index contributed by atoms with van der Waals surface area (Å²) >= 11 is 0. The lowest BCUT2D eigenvalue weighted by molar-refractivity contribution is -0.152. The van der Waals surface area contributed by atoms with Gasteiger partial charge in [0.25, 0.3) is 5.91 Å². The van der Waals surface area contributed by atoms with Crippen LogP contribution in [0.25, 0.3) is 0 Å².